The Morgan fingerprint density at radius 2 is 1.63 bits per heavy atom. The Morgan fingerprint density at radius 3 is 2.23 bits per heavy atom. The summed E-state index contributed by atoms with van der Waals surface area (Å²) in [4.78, 5) is 12.2. The average molecular weight is 505 g/mol. The molecule has 2 aliphatic carbocycles. The predicted molar refractivity (Wildman–Crippen MR) is 120 cm³/mol. The number of rotatable bonds is 5. The fourth-order valence-electron chi connectivity index (χ4n) is 2.56. The fraction of sp³-hybridized carbons (Fsp3) is 0.0870. The Kier molecular flexibility index (Phi) is 10.8. The number of hydrogen-bond acceptors (Lipinski definition) is 4. The Bertz CT molecular complexity index is 838. The van der Waals surface area contributed by atoms with E-state index in [0.29, 0.717) is 16.7 Å². The van der Waals surface area contributed by atoms with Crippen molar-refractivity contribution in [3.8, 4) is 0 Å². The summed E-state index contributed by atoms with van der Waals surface area (Å²) in [7, 11) is 1.62. The molecule has 0 bridgehead atoms. The maximum atomic E-state index is 12.2. The van der Waals surface area contributed by atoms with Crippen LogP contribution in [0.2, 0.25) is 0 Å². The van der Waals surface area contributed by atoms with E-state index in [1.54, 1.807) is 24.5 Å². The Balaban J connectivity index is 0.000000468. The first kappa shape index (κ1) is 24.8. The van der Waals surface area contributed by atoms with Crippen molar-refractivity contribution < 1.29 is 17.1 Å². The van der Waals surface area contributed by atoms with Gasteiger partial charge in [-0.05, 0) is 79.3 Å². The number of hydrazone groups is 1. The summed E-state index contributed by atoms with van der Waals surface area (Å²) in [6.45, 7) is 0.533. The number of benzene rings is 1. The first-order valence-electron chi connectivity index (χ1n) is 9.11. The van der Waals surface area contributed by atoms with E-state index in [-0.39, 0.29) is 22.6 Å². The molecular weight excluding hydrogens is 484 g/mol. The molecule has 1 aromatic heterocycles. The third-order valence-corrected chi connectivity index (χ3v) is 4.85. The van der Waals surface area contributed by atoms with Gasteiger partial charge in [0, 0.05) is 19.2 Å². The summed E-state index contributed by atoms with van der Waals surface area (Å²) >= 11 is 3.37. The summed E-state index contributed by atoms with van der Waals surface area (Å²) in [5, 5.41) is 10.4. The van der Waals surface area contributed by atoms with Gasteiger partial charge >= 0.3 is 17.1 Å². The number of halogens is 1. The summed E-state index contributed by atoms with van der Waals surface area (Å²) in [5.41, 5.74) is 1.52. The van der Waals surface area contributed by atoms with Crippen LogP contribution in [0.5, 0.6) is 0 Å². The topological polar surface area (TPSA) is 50.5 Å². The van der Waals surface area contributed by atoms with E-state index in [1.807, 2.05) is 88.1 Å². The van der Waals surface area contributed by atoms with E-state index in [1.165, 1.54) is 4.68 Å². The van der Waals surface area contributed by atoms with E-state index >= 15 is 0 Å². The molecule has 0 spiro atoms. The molecule has 30 heavy (non-hydrogen) atoms. The molecule has 1 heterocycles. The van der Waals surface area contributed by atoms with Crippen LogP contribution < -0.4 is 10.6 Å². The number of aryl methyl sites for hydroxylation is 1. The third kappa shape index (κ3) is 7.36. The molecule has 0 amide bonds. The van der Waals surface area contributed by atoms with Crippen LogP contribution in [-0.4, -0.2) is 16.0 Å². The molecule has 2 aromatic rings. The molecule has 10 radical (unpaired) electrons. The van der Waals surface area contributed by atoms with Crippen LogP contribution in [0.3, 0.4) is 0 Å². The van der Waals surface area contributed by atoms with Crippen LogP contribution in [0, 0.1) is 63.7 Å². The first-order valence-corrected chi connectivity index (χ1v) is 9.90. The van der Waals surface area contributed by atoms with Crippen molar-refractivity contribution in [1.29, 1.82) is 0 Å². The predicted octanol–water partition coefficient (Wildman–Crippen LogP) is 3.96. The molecule has 5 nitrogen and oxygen atoms in total. The number of hydrogen-bond donors (Lipinski definition) is 0. The van der Waals surface area contributed by atoms with Crippen molar-refractivity contribution in [3.63, 3.8) is 0 Å². The minimum absolute atomic E-state index is 0. The standard InChI is InChI=1S/C18H16BrN4O.C5H5.Fe/c1-22-18(24)17(19)16(12-20-22)23(13-15-9-3-2-4-10-15)21-11-14-7-5-6-8-14;1-2-4-5-3-1;/h2-12H,13H2,1H3;1-5H;/q;;+2/b21-11+;;. The van der Waals surface area contributed by atoms with E-state index < -0.39 is 0 Å². The van der Waals surface area contributed by atoms with E-state index in [0.717, 1.165) is 11.5 Å². The summed E-state index contributed by atoms with van der Waals surface area (Å²) in [6.07, 6.45) is 21.3. The van der Waals surface area contributed by atoms with Crippen molar-refractivity contribution in [1.82, 2.24) is 9.78 Å². The van der Waals surface area contributed by atoms with E-state index in [9.17, 15) is 4.79 Å². The molecule has 7 heteroatoms. The molecule has 0 aliphatic heterocycles. The largest absolute Gasteiger partial charge is 2.00 e. The monoisotopic (exact) mass is 504 g/mol. The molecule has 0 saturated heterocycles. The van der Waals surface area contributed by atoms with Crippen molar-refractivity contribution in [2.75, 3.05) is 5.01 Å². The second-order valence-corrected chi connectivity index (χ2v) is 7.03. The van der Waals surface area contributed by atoms with Crippen molar-refractivity contribution in [2.45, 2.75) is 6.54 Å². The van der Waals surface area contributed by atoms with Gasteiger partial charge in [0.1, 0.15) is 4.47 Å². The van der Waals surface area contributed by atoms with Gasteiger partial charge < -0.3 is 0 Å². The number of anilines is 1. The van der Waals surface area contributed by atoms with Gasteiger partial charge in [0.2, 0.25) is 0 Å². The number of aromatic nitrogens is 2. The van der Waals surface area contributed by atoms with Crippen molar-refractivity contribution in [3.05, 3.63) is 121 Å². The molecular formula is C23H21BrFeN4O+2. The molecule has 4 rings (SSSR count). The maximum Gasteiger partial charge on any atom is 2.00 e. The van der Waals surface area contributed by atoms with E-state index in [2.05, 4.69) is 26.1 Å². The minimum atomic E-state index is -0.200. The molecule has 152 valence electrons. The zero-order valence-corrected chi connectivity index (χ0v) is 19.1. The maximum absolute atomic E-state index is 12.2. The molecule has 2 aliphatic rings. The van der Waals surface area contributed by atoms with Gasteiger partial charge in [-0.15, -0.1) is 0 Å². The van der Waals surface area contributed by atoms with Gasteiger partial charge in [0.25, 0.3) is 5.56 Å². The molecule has 0 atom stereocenters. The Hall–Kier alpha value is -1.43. The fourth-order valence-corrected chi connectivity index (χ4v) is 3.12. The zero-order valence-electron chi connectivity index (χ0n) is 16.4. The van der Waals surface area contributed by atoms with Gasteiger partial charge in [0.15, 0.2) is 0 Å². The Labute approximate surface area is 198 Å². The second-order valence-electron chi connectivity index (χ2n) is 6.24. The van der Waals surface area contributed by atoms with Gasteiger partial charge in [-0.2, -0.15) is 10.2 Å². The van der Waals surface area contributed by atoms with Crippen LogP contribution in [0.25, 0.3) is 0 Å². The van der Waals surface area contributed by atoms with Crippen molar-refractivity contribution >= 4 is 27.8 Å². The quantitative estimate of drug-likeness (QED) is 0.352. The molecule has 2 fully saturated rings. The zero-order chi connectivity index (χ0) is 20.5. The molecule has 0 unspecified atom stereocenters. The van der Waals surface area contributed by atoms with Gasteiger partial charge in [-0.3, -0.25) is 9.80 Å². The normalized spacial score (nSPS) is 16.2. The number of nitrogens with zero attached hydrogens (tertiary/aromatic N) is 4. The molecule has 2 saturated carbocycles. The van der Waals surface area contributed by atoms with Gasteiger partial charge in [-0.25, -0.2) is 4.68 Å². The molecule has 0 N–H and O–H groups in total. The average Bonchev–Trinajstić information content (AvgIpc) is 3.47. The minimum Gasteiger partial charge on any atom is -0.266 e. The van der Waals surface area contributed by atoms with Crippen LogP contribution in [0.4, 0.5) is 5.69 Å². The Morgan fingerprint density at radius 1 is 1.03 bits per heavy atom. The third-order valence-electron chi connectivity index (χ3n) is 4.10. The van der Waals surface area contributed by atoms with E-state index in [4.69, 9.17) is 0 Å². The van der Waals surface area contributed by atoms with Crippen LogP contribution in [0.1, 0.15) is 5.56 Å². The SMILES string of the molecule is Cn1ncc(N(Cc2ccccc2)/N=C/[C]2[CH][CH][CH][CH]2)c(Br)c1=O.[CH]1[CH][CH][CH][CH]1.[Fe+2]. The van der Waals surface area contributed by atoms with Crippen LogP contribution in [-0.2, 0) is 30.7 Å². The van der Waals surface area contributed by atoms with Crippen molar-refractivity contribution in [2.24, 2.45) is 12.1 Å². The summed E-state index contributed by atoms with van der Waals surface area (Å²) in [5.74, 6) is 1.00. The second kappa shape index (κ2) is 13.1. The van der Waals surface area contributed by atoms with Crippen LogP contribution in [0.15, 0.2) is 50.9 Å². The van der Waals surface area contributed by atoms with Gasteiger partial charge in [0.05, 0.1) is 18.4 Å². The molecule has 1 aromatic carbocycles. The van der Waals surface area contributed by atoms with Crippen LogP contribution >= 0.6 is 15.9 Å². The first-order chi connectivity index (χ1) is 14.1. The smallest absolute Gasteiger partial charge is 0.266 e. The van der Waals surface area contributed by atoms with Gasteiger partial charge in [-0.1, -0.05) is 30.3 Å². The summed E-state index contributed by atoms with van der Waals surface area (Å²) in [6, 6.07) is 9.97. The summed E-state index contributed by atoms with van der Waals surface area (Å²) < 4.78 is 1.73.